The molecule has 0 N–H and O–H groups in total. The molecule has 164 valence electrons. The molecule has 0 aliphatic carbocycles. The van der Waals surface area contributed by atoms with Crippen molar-refractivity contribution in [2.24, 2.45) is 5.92 Å². The molecule has 3 rings (SSSR count). The zero-order chi connectivity index (χ0) is 21.7. The second-order valence-corrected chi connectivity index (χ2v) is 9.41. The maximum Gasteiger partial charge on any atom is 0.410 e. The maximum absolute atomic E-state index is 12.7. The lowest BCUT2D eigenvalue weighted by Gasteiger charge is -2.37. The Kier molecular flexibility index (Phi) is 7.13. The van der Waals surface area contributed by atoms with E-state index in [4.69, 9.17) is 4.74 Å². The molecule has 7 nitrogen and oxygen atoms in total. The van der Waals surface area contributed by atoms with Crippen molar-refractivity contribution >= 4 is 6.09 Å². The second-order valence-electron chi connectivity index (χ2n) is 9.41. The molecule has 1 aliphatic heterocycles. The van der Waals surface area contributed by atoms with Crippen LogP contribution in [0.4, 0.5) is 4.79 Å². The summed E-state index contributed by atoms with van der Waals surface area (Å²) in [7, 11) is 0. The zero-order valence-corrected chi connectivity index (χ0v) is 18.9. The summed E-state index contributed by atoms with van der Waals surface area (Å²) < 4.78 is 7.68. The molecule has 0 spiro atoms. The van der Waals surface area contributed by atoms with Crippen LogP contribution in [0, 0.1) is 5.92 Å². The summed E-state index contributed by atoms with van der Waals surface area (Å²) in [5.74, 6) is 0.425. The molecule has 2 aromatic rings. The molecule has 0 radical (unpaired) electrons. The molecule has 1 amide bonds. The highest BCUT2D eigenvalue weighted by Crippen LogP contribution is 2.23. The number of piperidine rings is 1. The van der Waals surface area contributed by atoms with Crippen LogP contribution in [0.25, 0.3) is 11.3 Å². The van der Waals surface area contributed by atoms with Gasteiger partial charge in [-0.2, -0.15) is 5.10 Å². The number of hydrogen-bond donors (Lipinski definition) is 0. The first-order valence-corrected chi connectivity index (χ1v) is 10.9. The lowest BCUT2D eigenvalue weighted by Crippen LogP contribution is -2.47. The Bertz CT molecular complexity index is 813. The number of likely N-dealkylation sites (tertiary alicyclic amines) is 1. The summed E-state index contributed by atoms with van der Waals surface area (Å²) in [6, 6.07) is 6.17. The third kappa shape index (κ3) is 6.05. The van der Waals surface area contributed by atoms with E-state index in [0.29, 0.717) is 5.92 Å². The van der Waals surface area contributed by atoms with Crippen molar-refractivity contribution in [3.05, 3.63) is 36.8 Å². The molecule has 1 unspecified atom stereocenters. The number of aromatic nitrogens is 3. The molecule has 30 heavy (non-hydrogen) atoms. The zero-order valence-electron chi connectivity index (χ0n) is 18.9. The van der Waals surface area contributed by atoms with Gasteiger partial charge in [-0.05, 0) is 78.1 Å². The molecule has 0 bridgehead atoms. The molecular formula is C23H35N5O2. The standard InChI is InChI=1S/C23H35N5O2/c1-18(2)27(22(29)30-23(3,4)5)16-19-7-6-14-26(15-19)17-28-21(10-13-25-28)20-8-11-24-12-9-20/h8-13,18-19H,6-7,14-17H2,1-5H3. The fourth-order valence-electron chi connectivity index (χ4n) is 3.93. The van der Waals surface area contributed by atoms with Gasteiger partial charge >= 0.3 is 6.09 Å². The quantitative estimate of drug-likeness (QED) is 0.708. The van der Waals surface area contributed by atoms with Gasteiger partial charge < -0.3 is 9.64 Å². The number of nitrogens with zero attached hydrogens (tertiary/aromatic N) is 5. The highest BCUT2D eigenvalue weighted by molar-refractivity contribution is 5.68. The maximum atomic E-state index is 12.7. The van der Waals surface area contributed by atoms with Crippen LogP contribution in [0.3, 0.4) is 0 Å². The van der Waals surface area contributed by atoms with Gasteiger partial charge in [0, 0.05) is 43.3 Å². The average molecular weight is 414 g/mol. The van der Waals surface area contributed by atoms with Crippen molar-refractivity contribution in [2.75, 3.05) is 19.6 Å². The van der Waals surface area contributed by atoms with Crippen molar-refractivity contribution < 1.29 is 9.53 Å². The monoisotopic (exact) mass is 413 g/mol. The Morgan fingerprint density at radius 2 is 1.97 bits per heavy atom. The largest absolute Gasteiger partial charge is 0.444 e. The summed E-state index contributed by atoms with van der Waals surface area (Å²) in [5, 5.41) is 4.54. The van der Waals surface area contributed by atoms with E-state index in [1.54, 1.807) is 12.4 Å². The van der Waals surface area contributed by atoms with Gasteiger partial charge in [0.25, 0.3) is 0 Å². The highest BCUT2D eigenvalue weighted by Gasteiger charge is 2.29. The van der Waals surface area contributed by atoms with Gasteiger partial charge in [-0.3, -0.25) is 14.6 Å². The number of rotatable bonds is 6. The topological polar surface area (TPSA) is 63.5 Å². The number of carbonyl (C=O) groups excluding carboxylic acids is 1. The van der Waals surface area contributed by atoms with E-state index in [1.165, 1.54) is 0 Å². The van der Waals surface area contributed by atoms with Crippen molar-refractivity contribution in [1.82, 2.24) is 24.6 Å². The van der Waals surface area contributed by atoms with Crippen LogP contribution < -0.4 is 0 Å². The van der Waals surface area contributed by atoms with Crippen LogP contribution in [0.2, 0.25) is 0 Å². The van der Waals surface area contributed by atoms with E-state index in [-0.39, 0.29) is 12.1 Å². The molecular weight excluding hydrogens is 378 g/mol. The molecule has 1 atom stereocenters. The van der Waals surface area contributed by atoms with Crippen molar-refractivity contribution in [3.8, 4) is 11.3 Å². The third-order valence-corrected chi connectivity index (χ3v) is 5.34. The van der Waals surface area contributed by atoms with E-state index < -0.39 is 5.60 Å². The Hall–Kier alpha value is -2.41. The van der Waals surface area contributed by atoms with Crippen LogP contribution in [-0.2, 0) is 11.4 Å². The Morgan fingerprint density at radius 3 is 2.63 bits per heavy atom. The summed E-state index contributed by atoms with van der Waals surface area (Å²) in [4.78, 5) is 21.1. The van der Waals surface area contributed by atoms with Gasteiger partial charge in [-0.1, -0.05) is 0 Å². The normalized spacial score (nSPS) is 17.9. The SMILES string of the molecule is CC(C)N(CC1CCCN(Cn2nccc2-c2ccncc2)C1)C(=O)OC(C)(C)C. The molecule has 1 aliphatic rings. The van der Waals surface area contributed by atoms with Crippen molar-refractivity contribution in [1.29, 1.82) is 0 Å². The fraction of sp³-hybridized carbons (Fsp3) is 0.609. The first-order chi connectivity index (χ1) is 14.2. The molecule has 0 saturated carbocycles. The number of pyridine rings is 1. The lowest BCUT2D eigenvalue weighted by atomic mass is 9.97. The number of carbonyl (C=O) groups is 1. The fourth-order valence-corrected chi connectivity index (χ4v) is 3.93. The van der Waals surface area contributed by atoms with Gasteiger partial charge in [0.05, 0.1) is 12.4 Å². The predicted octanol–water partition coefficient (Wildman–Crippen LogP) is 4.26. The smallest absolute Gasteiger partial charge is 0.410 e. The minimum absolute atomic E-state index is 0.111. The van der Waals surface area contributed by atoms with Gasteiger partial charge in [0.15, 0.2) is 0 Å². The minimum Gasteiger partial charge on any atom is -0.444 e. The third-order valence-electron chi connectivity index (χ3n) is 5.34. The molecule has 3 heterocycles. The summed E-state index contributed by atoms with van der Waals surface area (Å²) in [6.07, 6.45) is 7.49. The van der Waals surface area contributed by atoms with E-state index in [2.05, 4.69) is 28.8 Å². The Balaban J connectivity index is 1.63. The van der Waals surface area contributed by atoms with Gasteiger partial charge in [-0.25, -0.2) is 4.79 Å². The van der Waals surface area contributed by atoms with Crippen LogP contribution in [0.1, 0.15) is 47.5 Å². The summed E-state index contributed by atoms with van der Waals surface area (Å²) in [6.45, 7) is 13.3. The molecule has 1 saturated heterocycles. The minimum atomic E-state index is -0.480. The van der Waals surface area contributed by atoms with Crippen molar-refractivity contribution in [3.63, 3.8) is 0 Å². The van der Waals surface area contributed by atoms with Crippen molar-refractivity contribution in [2.45, 2.75) is 65.8 Å². The highest BCUT2D eigenvalue weighted by atomic mass is 16.6. The molecule has 2 aromatic heterocycles. The summed E-state index contributed by atoms with van der Waals surface area (Å²) in [5.41, 5.74) is 1.73. The van der Waals surface area contributed by atoms with Crippen LogP contribution in [0.5, 0.6) is 0 Å². The first kappa shape index (κ1) is 22.3. The average Bonchev–Trinajstić information content (AvgIpc) is 3.13. The van der Waals surface area contributed by atoms with Crippen LogP contribution >= 0.6 is 0 Å². The van der Waals surface area contributed by atoms with Crippen LogP contribution in [-0.4, -0.2) is 61.9 Å². The number of amides is 1. The van der Waals surface area contributed by atoms with E-state index in [1.807, 2.05) is 54.7 Å². The number of ether oxygens (including phenoxy) is 1. The van der Waals surface area contributed by atoms with Gasteiger partial charge in [0.1, 0.15) is 5.60 Å². The first-order valence-electron chi connectivity index (χ1n) is 10.9. The van der Waals surface area contributed by atoms with Crippen LogP contribution in [0.15, 0.2) is 36.8 Å². The van der Waals surface area contributed by atoms with Gasteiger partial charge in [0.2, 0.25) is 0 Å². The Labute approximate surface area is 180 Å². The van der Waals surface area contributed by atoms with E-state index in [0.717, 1.165) is 50.4 Å². The lowest BCUT2D eigenvalue weighted by molar-refractivity contribution is 0.0109. The summed E-state index contributed by atoms with van der Waals surface area (Å²) >= 11 is 0. The Morgan fingerprint density at radius 1 is 1.23 bits per heavy atom. The molecule has 1 fully saturated rings. The van der Waals surface area contributed by atoms with E-state index in [9.17, 15) is 4.79 Å². The van der Waals surface area contributed by atoms with E-state index >= 15 is 0 Å². The predicted molar refractivity (Wildman–Crippen MR) is 118 cm³/mol. The number of hydrogen-bond acceptors (Lipinski definition) is 5. The molecule has 0 aromatic carbocycles. The second kappa shape index (κ2) is 9.60. The molecule has 7 heteroatoms. The van der Waals surface area contributed by atoms with Gasteiger partial charge in [-0.15, -0.1) is 0 Å².